The average Bonchev–Trinajstić information content (AvgIpc) is 3.48. The second-order valence-corrected chi connectivity index (χ2v) is 10.0. The van der Waals surface area contributed by atoms with E-state index in [9.17, 15) is 0 Å². The number of hydrogen-bond acceptors (Lipinski definition) is 5. The third-order valence-corrected chi connectivity index (χ3v) is 7.78. The molecule has 0 amide bonds. The van der Waals surface area contributed by atoms with Crippen LogP contribution in [0, 0.1) is 13.8 Å². The number of aromatic nitrogens is 5. The summed E-state index contributed by atoms with van der Waals surface area (Å²) in [6.07, 6.45) is 6.75. The van der Waals surface area contributed by atoms with Crippen molar-refractivity contribution >= 4 is 27.2 Å². The van der Waals surface area contributed by atoms with Crippen LogP contribution >= 0.6 is 11.3 Å². The highest BCUT2D eigenvalue weighted by molar-refractivity contribution is 7.22. The van der Waals surface area contributed by atoms with Crippen molar-refractivity contribution in [2.75, 3.05) is 6.54 Å². The number of rotatable bonds is 3. The Morgan fingerprint density at radius 2 is 2.00 bits per heavy atom. The Morgan fingerprint density at radius 3 is 2.84 bits per heavy atom. The topological polar surface area (TPSA) is 70.9 Å². The van der Waals surface area contributed by atoms with Gasteiger partial charge in [-0.1, -0.05) is 13.8 Å². The number of nitrogens with zero attached hydrogens (tertiary/aromatic N) is 4. The smallest absolute Gasteiger partial charge is 0.158 e. The number of nitrogens with one attached hydrogen (secondary N) is 2. The monoisotopic (exact) mass is 442 g/mol. The largest absolute Gasteiger partial charge is 0.346 e. The highest BCUT2D eigenvalue weighted by atomic mass is 32.1. The Morgan fingerprint density at radius 1 is 1.12 bits per heavy atom. The zero-order valence-corrected chi connectivity index (χ0v) is 19.6. The fourth-order valence-electron chi connectivity index (χ4n) is 5.01. The summed E-state index contributed by atoms with van der Waals surface area (Å²) in [7, 11) is 0. The highest BCUT2D eigenvalue weighted by Crippen LogP contribution is 2.45. The Labute approximate surface area is 190 Å². The standard InChI is InChI=1S/C25H26N6S/c1-13(2)20-21-15(4)23(17-8-16-9-26-6-5-19(16)27-10-17)32-25(21)30-22(20)18-7-14(3)24-28-12-29-31(24)11-18/h7-8,10-13,26,30H,5-6,9H2,1-4H3. The van der Waals surface area contributed by atoms with Crippen LogP contribution in [0.15, 0.2) is 30.9 Å². The fourth-order valence-corrected chi connectivity index (χ4v) is 6.22. The van der Waals surface area contributed by atoms with E-state index in [1.54, 1.807) is 6.33 Å². The number of thiophene rings is 1. The molecule has 0 unspecified atom stereocenters. The molecule has 0 spiro atoms. The Balaban J connectivity index is 1.53. The predicted octanol–water partition coefficient (Wildman–Crippen LogP) is 5.39. The molecule has 5 aromatic heterocycles. The van der Waals surface area contributed by atoms with E-state index < -0.39 is 0 Å². The molecule has 6 nitrogen and oxygen atoms in total. The molecule has 6 rings (SSSR count). The van der Waals surface area contributed by atoms with Crippen molar-refractivity contribution < 1.29 is 0 Å². The first-order valence-electron chi connectivity index (χ1n) is 11.2. The number of aromatic amines is 1. The van der Waals surface area contributed by atoms with Gasteiger partial charge in [-0.25, -0.2) is 9.50 Å². The van der Waals surface area contributed by atoms with Crippen LogP contribution < -0.4 is 5.32 Å². The van der Waals surface area contributed by atoms with E-state index in [4.69, 9.17) is 4.98 Å². The first kappa shape index (κ1) is 19.6. The quantitative estimate of drug-likeness (QED) is 0.393. The number of pyridine rings is 2. The van der Waals surface area contributed by atoms with Crippen molar-refractivity contribution in [3.63, 3.8) is 0 Å². The second kappa shape index (κ2) is 7.25. The Bertz CT molecular complexity index is 1490. The zero-order chi connectivity index (χ0) is 22.0. The van der Waals surface area contributed by atoms with Gasteiger partial charge in [-0.2, -0.15) is 5.10 Å². The third-order valence-electron chi connectivity index (χ3n) is 6.53. The molecule has 0 radical (unpaired) electrons. The summed E-state index contributed by atoms with van der Waals surface area (Å²) in [5.74, 6) is 0.387. The van der Waals surface area contributed by atoms with Gasteiger partial charge >= 0.3 is 0 Å². The van der Waals surface area contributed by atoms with E-state index in [2.05, 4.69) is 72.6 Å². The summed E-state index contributed by atoms with van der Waals surface area (Å²) < 4.78 is 1.87. The predicted molar refractivity (Wildman–Crippen MR) is 130 cm³/mol. The molecule has 2 N–H and O–H groups in total. The molecule has 0 aromatic carbocycles. The van der Waals surface area contributed by atoms with Gasteiger partial charge in [0, 0.05) is 59.0 Å². The summed E-state index contributed by atoms with van der Waals surface area (Å²) >= 11 is 1.83. The van der Waals surface area contributed by atoms with Crippen molar-refractivity contribution in [2.45, 2.75) is 46.6 Å². The van der Waals surface area contributed by atoms with Crippen molar-refractivity contribution in [3.8, 4) is 21.7 Å². The average molecular weight is 443 g/mol. The molecule has 0 saturated carbocycles. The molecule has 162 valence electrons. The molecule has 7 heteroatoms. The van der Waals surface area contributed by atoms with Crippen LogP contribution in [0.5, 0.6) is 0 Å². The normalized spacial score (nSPS) is 14.0. The molecule has 5 aromatic rings. The number of H-pyrrole nitrogens is 1. The van der Waals surface area contributed by atoms with Crippen LogP contribution in [0.25, 0.3) is 37.6 Å². The summed E-state index contributed by atoms with van der Waals surface area (Å²) in [6, 6.07) is 4.53. The van der Waals surface area contributed by atoms with Gasteiger partial charge in [-0.15, -0.1) is 11.3 Å². The summed E-state index contributed by atoms with van der Waals surface area (Å²) in [4.78, 5) is 15.5. The summed E-state index contributed by atoms with van der Waals surface area (Å²) in [5.41, 5.74) is 10.8. The summed E-state index contributed by atoms with van der Waals surface area (Å²) in [6.45, 7) is 10.8. The Hall–Kier alpha value is -3.03. The first-order chi connectivity index (χ1) is 15.5. The fraction of sp³-hybridized carbons (Fsp3) is 0.320. The lowest BCUT2D eigenvalue weighted by atomic mass is 9.94. The van der Waals surface area contributed by atoms with Gasteiger partial charge in [0.1, 0.15) is 11.2 Å². The van der Waals surface area contributed by atoms with E-state index in [0.29, 0.717) is 5.92 Å². The van der Waals surface area contributed by atoms with Crippen LogP contribution in [0.4, 0.5) is 0 Å². The SMILES string of the molecule is Cc1c(-c2cnc3c(c2)CNCC3)sc2[nH]c(-c3cc(C)c4ncnn4c3)c(C(C)C)c12. The van der Waals surface area contributed by atoms with Gasteiger partial charge in [-0.3, -0.25) is 4.98 Å². The molecule has 0 saturated heterocycles. The first-order valence-corrected chi connectivity index (χ1v) is 12.0. The molecule has 32 heavy (non-hydrogen) atoms. The van der Waals surface area contributed by atoms with E-state index >= 15 is 0 Å². The lowest BCUT2D eigenvalue weighted by molar-refractivity contribution is 0.630. The van der Waals surface area contributed by atoms with E-state index in [1.807, 2.05) is 15.9 Å². The number of hydrogen-bond donors (Lipinski definition) is 2. The van der Waals surface area contributed by atoms with Crippen LogP contribution in [-0.4, -0.2) is 31.1 Å². The van der Waals surface area contributed by atoms with Gasteiger partial charge in [-0.05, 0) is 54.2 Å². The van der Waals surface area contributed by atoms with E-state index in [0.717, 1.165) is 36.3 Å². The van der Waals surface area contributed by atoms with Gasteiger partial charge in [0.05, 0.1) is 5.69 Å². The number of fused-ring (bicyclic) bond motifs is 3. The minimum absolute atomic E-state index is 0.387. The molecule has 0 fully saturated rings. The molecule has 1 aliphatic heterocycles. The van der Waals surface area contributed by atoms with Crippen LogP contribution in [0.2, 0.25) is 0 Å². The van der Waals surface area contributed by atoms with Gasteiger partial charge in [0.2, 0.25) is 0 Å². The Kier molecular flexibility index (Phi) is 4.45. The molecule has 0 atom stereocenters. The minimum atomic E-state index is 0.387. The molecular formula is C25H26N6S. The third kappa shape index (κ3) is 2.92. The van der Waals surface area contributed by atoms with Crippen LogP contribution in [0.3, 0.4) is 0 Å². The lowest BCUT2D eigenvalue weighted by Crippen LogP contribution is -2.24. The molecule has 6 heterocycles. The minimum Gasteiger partial charge on any atom is -0.346 e. The maximum atomic E-state index is 4.79. The van der Waals surface area contributed by atoms with Crippen molar-refractivity contribution in [1.82, 2.24) is 29.9 Å². The molecule has 1 aliphatic rings. The van der Waals surface area contributed by atoms with Crippen molar-refractivity contribution in [1.29, 1.82) is 0 Å². The van der Waals surface area contributed by atoms with Crippen LogP contribution in [-0.2, 0) is 13.0 Å². The molecular weight excluding hydrogens is 416 g/mol. The van der Waals surface area contributed by atoms with Gasteiger partial charge < -0.3 is 10.3 Å². The second-order valence-electron chi connectivity index (χ2n) is 9.03. The lowest BCUT2D eigenvalue weighted by Gasteiger charge is -2.16. The highest BCUT2D eigenvalue weighted by Gasteiger charge is 2.23. The van der Waals surface area contributed by atoms with Crippen molar-refractivity contribution in [3.05, 3.63) is 58.8 Å². The maximum absolute atomic E-state index is 4.79. The molecule has 0 aliphatic carbocycles. The number of aryl methyl sites for hydroxylation is 2. The zero-order valence-electron chi connectivity index (χ0n) is 18.8. The van der Waals surface area contributed by atoms with Crippen LogP contribution in [0.1, 0.15) is 47.7 Å². The van der Waals surface area contributed by atoms with E-state index in [-0.39, 0.29) is 0 Å². The van der Waals surface area contributed by atoms with E-state index in [1.165, 1.54) is 48.7 Å². The van der Waals surface area contributed by atoms with Crippen molar-refractivity contribution in [2.24, 2.45) is 0 Å². The maximum Gasteiger partial charge on any atom is 0.158 e. The van der Waals surface area contributed by atoms with Gasteiger partial charge in [0.25, 0.3) is 0 Å². The van der Waals surface area contributed by atoms with Gasteiger partial charge in [0.15, 0.2) is 5.65 Å². The summed E-state index contributed by atoms with van der Waals surface area (Å²) in [5, 5.41) is 9.19. The molecule has 0 bridgehead atoms.